The lowest BCUT2D eigenvalue weighted by atomic mass is 10.00. The Morgan fingerprint density at radius 1 is 1.38 bits per heavy atom. The number of rotatable bonds is 2. The Bertz CT molecular complexity index is 405. The molecule has 1 aromatic heterocycles. The summed E-state index contributed by atoms with van der Waals surface area (Å²) in [5.74, 6) is 0.197. The van der Waals surface area contributed by atoms with Crippen molar-refractivity contribution in [2.45, 2.75) is 12.8 Å². The van der Waals surface area contributed by atoms with E-state index in [0.29, 0.717) is 0 Å². The maximum Gasteiger partial charge on any atom is 0.0497 e. The second kappa shape index (κ2) is 3.23. The van der Waals surface area contributed by atoms with Gasteiger partial charge in [0, 0.05) is 24.2 Å². The van der Waals surface area contributed by atoms with Gasteiger partial charge < -0.3 is 10.1 Å². The quantitative estimate of drug-likeness (QED) is 0.721. The lowest BCUT2D eigenvalue weighted by Gasteiger charge is -2.08. The van der Waals surface area contributed by atoms with Gasteiger partial charge in [-0.1, -0.05) is 25.1 Å². The molecule has 2 aromatic rings. The molecule has 0 bridgehead atoms. The summed E-state index contributed by atoms with van der Waals surface area (Å²) in [6.07, 6.45) is 1.93. The fourth-order valence-corrected chi connectivity index (χ4v) is 1.62. The maximum atomic E-state index is 9.07. The first kappa shape index (κ1) is 8.32. The van der Waals surface area contributed by atoms with Crippen molar-refractivity contribution >= 4 is 10.9 Å². The number of aliphatic hydroxyl groups excluding tert-OH is 1. The summed E-state index contributed by atoms with van der Waals surface area (Å²) >= 11 is 0. The van der Waals surface area contributed by atoms with E-state index >= 15 is 0 Å². The molecule has 0 aliphatic heterocycles. The van der Waals surface area contributed by atoms with Crippen molar-refractivity contribution in [2.75, 3.05) is 6.61 Å². The van der Waals surface area contributed by atoms with Gasteiger partial charge in [-0.2, -0.15) is 0 Å². The zero-order valence-corrected chi connectivity index (χ0v) is 7.62. The molecule has 1 atom stereocenters. The van der Waals surface area contributed by atoms with Crippen molar-refractivity contribution in [3.63, 3.8) is 0 Å². The summed E-state index contributed by atoms with van der Waals surface area (Å²) in [6.45, 7) is 2.22. The minimum atomic E-state index is 0.193. The molecule has 0 fully saturated rings. The van der Waals surface area contributed by atoms with Gasteiger partial charge >= 0.3 is 0 Å². The molecule has 1 unspecified atom stereocenters. The van der Waals surface area contributed by atoms with Crippen LogP contribution in [0.5, 0.6) is 0 Å². The zero-order valence-electron chi connectivity index (χ0n) is 7.62. The van der Waals surface area contributed by atoms with E-state index in [4.69, 9.17) is 5.11 Å². The first-order chi connectivity index (χ1) is 6.33. The predicted molar refractivity (Wildman–Crippen MR) is 53.8 cm³/mol. The smallest absolute Gasteiger partial charge is 0.0497 e. The fourth-order valence-electron chi connectivity index (χ4n) is 1.62. The number of hydrogen-bond donors (Lipinski definition) is 2. The lowest BCUT2D eigenvalue weighted by molar-refractivity contribution is 0.273. The van der Waals surface area contributed by atoms with Crippen LogP contribution in [0.25, 0.3) is 10.9 Å². The zero-order chi connectivity index (χ0) is 9.26. The predicted octanol–water partition coefficient (Wildman–Crippen LogP) is 2.26. The molecule has 2 nitrogen and oxygen atoms in total. The molecule has 0 amide bonds. The monoisotopic (exact) mass is 175 g/mol. The van der Waals surface area contributed by atoms with Crippen LogP contribution in [0.4, 0.5) is 0 Å². The van der Waals surface area contributed by atoms with Crippen molar-refractivity contribution in [2.24, 2.45) is 0 Å². The van der Waals surface area contributed by atoms with Crippen LogP contribution in [0.3, 0.4) is 0 Å². The van der Waals surface area contributed by atoms with Gasteiger partial charge in [0.1, 0.15) is 0 Å². The van der Waals surface area contributed by atoms with E-state index in [1.54, 1.807) is 0 Å². The van der Waals surface area contributed by atoms with E-state index in [9.17, 15) is 0 Å². The Morgan fingerprint density at radius 3 is 3.00 bits per heavy atom. The van der Waals surface area contributed by atoms with Crippen LogP contribution >= 0.6 is 0 Å². The van der Waals surface area contributed by atoms with Gasteiger partial charge in [-0.15, -0.1) is 0 Å². The number of aliphatic hydroxyl groups is 1. The molecule has 2 heteroatoms. The molecule has 68 valence electrons. The largest absolute Gasteiger partial charge is 0.396 e. The normalized spacial score (nSPS) is 13.4. The molecule has 1 heterocycles. The van der Waals surface area contributed by atoms with Crippen LogP contribution in [0, 0.1) is 0 Å². The summed E-state index contributed by atoms with van der Waals surface area (Å²) in [4.78, 5) is 3.19. The van der Waals surface area contributed by atoms with Crippen LogP contribution < -0.4 is 0 Å². The van der Waals surface area contributed by atoms with Crippen molar-refractivity contribution < 1.29 is 5.11 Å². The average molecular weight is 175 g/mol. The highest BCUT2D eigenvalue weighted by Gasteiger charge is 2.07. The summed E-state index contributed by atoms with van der Waals surface area (Å²) in [5, 5.41) is 10.3. The first-order valence-corrected chi connectivity index (χ1v) is 4.50. The minimum absolute atomic E-state index is 0.193. The van der Waals surface area contributed by atoms with Crippen molar-refractivity contribution in [3.8, 4) is 0 Å². The van der Waals surface area contributed by atoms with Gasteiger partial charge in [-0.05, 0) is 17.0 Å². The number of benzene rings is 1. The Hall–Kier alpha value is -1.28. The summed E-state index contributed by atoms with van der Waals surface area (Å²) in [6, 6.07) is 8.19. The minimum Gasteiger partial charge on any atom is -0.396 e. The van der Waals surface area contributed by atoms with Gasteiger partial charge in [0.05, 0.1) is 0 Å². The molecule has 0 saturated carbocycles. The van der Waals surface area contributed by atoms with Gasteiger partial charge in [-0.3, -0.25) is 0 Å². The molecule has 0 aliphatic rings. The van der Waals surface area contributed by atoms with Crippen LogP contribution in [0.2, 0.25) is 0 Å². The average Bonchev–Trinajstić information content (AvgIpc) is 2.63. The molecule has 0 spiro atoms. The van der Waals surface area contributed by atoms with E-state index < -0.39 is 0 Å². The van der Waals surface area contributed by atoms with Gasteiger partial charge in [0.25, 0.3) is 0 Å². The molecule has 0 aliphatic carbocycles. The van der Waals surface area contributed by atoms with E-state index in [1.807, 2.05) is 25.3 Å². The summed E-state index contributed by atoms with van der Waals surface area (Å²) in [5.41, 5.74) is 2.33. The molecule has 1 aromatic carbocycles. The lowest BCUT2D eigenvalue weighted by Crippen LogP contribution is -1.99. The first-order valence-electron chi connectivity index (χ1n) is 4.50. The highest BCUT2D eigenvalue weighted by molar-refractivity contribution is 5.82. The van der Waals surface area contributed by atoms with Gasteiger partial charge in [-0.25, -0.2) is 0 Å². The van der Waals surface area contributed by atoms with E-state index in [1.165, 1.54) is 10.9 Å². The second-order valence-electron chi connectivity index (χ2n) is 3.37. The highest BCUT2D eigenvalue weighted by Crippen LogP contribution is 2.23. The standard InChI is InChI=1S/C11H13NO/c1-8(7-13)10-4-2-3-9-5-6-12-11(9)10/h2-6,8,12-13H,7H2,1H3. The number of nitrogens with one attached hydrogen (secondary N) is 1. The number of aromatic nitrogens is 1. The highest BCUT2D eigenvalue weighted by atomic mass is 16.3. The number of H-pyrrole nitrogens is 1. The maximum absolute atomic E-state index is 9.07. The van der Waals surface area contributed by atoms with Crippen LogP contribution in [0.1, 0.15) is 18.4 Å². The Kier molecular flexibility index (Phi) is 2.07. The Morgan fingerprint density at radius 2 is 2.23 bits per heavy atom. The van der Waals surface area contributed by atoms with Gasteiger partial charge in [0.15, 0.2) is 0 Å². The topological polar surface area (TPSA) is 36.0 Å². The third-order valence-electron chi connectivity index (χ3n) is 2.42. The van der Waals surface area contributed by atoms with Crippen molar-refractivity contribution in [3.05, 3.63) is 36.0 Å². The molecule has 0 saturated heterocycles. The molecule has 2 rings (SSSR count). The molecular formula is C11H13NO. The van der Waals surface area contributed by atoms with Crippen LogP contribution in [-0.2, 0) is 0 Å². The summed E-state index contributed by atoms with van der Waals surface area (Å²) < 4.78 is 0. The third-order valence-corrected chi connectivity index (χ3v) is 2.42. The molecule has 0 radical (unpaired) electrons. The van der Waals surface area contributed by atoms with Crippen molar-refractivity contribution in [1.29, 1.82) is 0 Å². The Labute approximate surface area is 77.2 Å². The molecule has 2 N–H and O–H groups in total. The number of aromatic amines is 1. The fraction of sp³-hybridized carbons (Fsp3) is 0.273. The van der Waals surface area contributed by atoms with E-state index in [0.717, 1.165) is 5.52 Å². The third kappa shape index (κ3) is 1.33. The summed E-state index contributed by atoms with van der Waals surface area (Å²) in [7, 11) is 0. The van der Waals surface area contributed by atoms with E-state index in [2.05, 4.69) is 17.1 Å². The number of para-hydroxylation sites is 1. The van der Waals surface area contributed by atoms with Crippen LogP contribution in [0.15, 0.2) is 30.5 Å². The second-order valence-corrected chi connectivity index (χ2v) is 3.37. The van der Waals surface area contributed by atoms with Crippen LogP contribution in [-0.4, -0.2) is 16.7 Å². The van der Waals surface area contributed by atoms with E-state index in [-0.39, 0.29) is 12.5 Å². The molecular weight excluding hydrogens is 162 g/mol. The SMILES string of the molecule is CC(CO)c1cccc2cc[nH]c12. The number of fused-ring (bicyclic) bond motifs is 1. The van der Waals surface area contributed by atoms with Crippen molar-refractivity contribution in [1.82, 2.24) is 4.98 Å². The Balaban J connectivity index is 2.60. The number of hydrogen-bond acceptors (Lipinski definition) is 1. The van der Waals surface area contributed by atoms with Gasteiger partial charge in [0.2, 0.25) is 0 Å². The molecule has 13 heavy (non-hydrogen) atoms.